The monoisotopic (exact) mass is 268 g/mol. The van der Waals surface area contributed by atoms with Gasteiger partial charge in [-0.3, -0.25) is 0 Å². The molecule has 0 saturated heterocycles. The van der Waals surface area contributed by atoms with Crippen molar-refractivity contribution in [2.45, 2.75) is 25.3 Å². The third kappa shape index (κ3) is 2.50. The van der Waals surface area contributed by atoms with Gasteiger partial charge >= 0.3 is 5.97 Å². The molecular weight excluding hydrogens is 252 g/mol. The Hall–Kier alpha value is -2.36. The highest BCUT2D eigenvalue weighted by molar-refractivity contribution is 5.87. The second-order valence-electron chi connectivity index (χ2n) is 5.03. The molecule has 0 aliphatic heterocycles. The van der Waals surface area contributed by atoms with Gasteiger partial charge in [0.2, 0.25) is 0 Å². The number of pyridine rings is 1. The first-order valence-electron chi connectivity index (χ1n) is 6.78. The standard InChI is InChI=1S/C16H16N2O2/c19-16(20)12-8-9-15(17-10-12)18-14-7-3-5-11-4-1-2-6-13(11)14/h1-2,4,6,8-10,14H,3,5,7H2,(H,17,18)(H,19,20). The van der Waals surface area contributed by atoms with Crippen LogP contribution >= 0.6 is 0 Å². The third-order valence-electron chi connectivity index (χ3n) is 3.70. The quantitative estimate of drug-likeness (QED) is 0.896. The molecule has 0 bridgehead atoms. The Morgan fingerprint density at radius 2 is 2.10 bits per heavy atom. The SMILES string of the molecule is O=C(O)c1ccc(NC2CCCc3ccccc32)nc1. The number of nitrogens with one attached hydrogen (secondary N) is 1. The lowest BCUT2D eigenvalue weighted by atomic mass is 9.88. The first-order valence-corrected chi connectivity index (χ1v) is 6.78. The lowest BCUT2D eigenvalue weighted by Gasteiger charge is -2.26. The van der Waals surface area contributed by atoms with Gasteiger partial charge in [-0.25, -0.2) is 9.78 Å². The number of hydrogen-bond acceptors (Lipinski definition) is 3. The van der Waals surface area contributed by atoms with Crippen LogP contribution in [0.2, 0.25) is 0 Å². The van der Waals surface area contributed by atoms with Gasteiger partial charge in [0.05, 0.1) is 11.6 Å². The number of carbonyl (C=O) groups is 1. The van der Waals surface area contributed by atoms with Crippen LogP contribution in [0.5, 0.6) is 0 Å². The van der Waals surface area contributed by atoms with Gasteiger partial charge in [0, 0.05) is 6.20 Å². The highest BCUT2D eigenvalue weighted by Gasteiger charge is 2.19. The van der Waals surface area contributed by atoms with Gasteiger partial charge in [0.15, 0.2) is 0 Å². The van der Waals surface area contributed by atoms with E-state index in [1.165, 1.54) is 17.3 Å². The Bertz CT molecular complexity index is 623. The summed E-state index contributed by atoms with van der Waals surface area (Å²) >= 11 is 0. The molecule has 1 aromatic heterocycles. The van der Waals surface area contributed by atoms with Crippen molar-refractivity contribution in [3.05, 3.63) is 59.3 Å². The number of aromatic carboxylic acids is 1. The van der Waals surface area contributed by atoms with Crippen molar-refractivity contribution in [2.24, 2.45) is 0 Å². The highest BCUT2D eigenvalue weighted by atomic mass is 16.4. The maximum atomic E-state index is 10.8. The van der Waals surface area contributed by atoms with Crippen molar-refractivity contribution in [3.8, 4) is 0 Å². The van der Waals surface area contributed by atoms with E-state index in [2.05, 4.69) is 34.6 Å². The van der Waals surface area contributed by atoms with Gasteiger partial charge in [-0.2, -0.15) is 0 Å². The Labute approximate surface area is 117 Å². The summed E-state index contributed by atoms with van der Waals surface area (Å²) in [5.74, 6) is -0.233. The van der Waals surface area contributed by atoms with E-state index in [0.717, 1.165) is 25.1 Å². The first-order chi connectivity index (χ1) is 9.74. The van der Waals surface area contributed by atoms with Gasteiger partial charge in [-0.1, -0.05) is 24.3 Å². The van der Waals surface area contributed by atoms with E-state index in [1.807, 2.05) is 0 Å². The molecule has 102 valence electrons. The maximum absolute atomic E-state index is 10.8. The largest absolute Gasteiger partial charge is 0.478 e. The normalized spacial score (nSPS) is 17.3. The molecule has 2 N–H and O–H groups in total. The van der Waals surface area contributed by atoms with Gasteiger partial charge in [0.25, 0.3) is 0 Å². The lowest BCUT2D eigenvalue weighted by Crippen LogP contribution is -2.17. The number of aromatic nitrogens is 1. The molecule has 0 radical (unpaired) electrons. The average molecular weight is 268 g/mol. The second-order valence-corrected chi connectivity index (χ2v) is 5.03. The maximum Gasteiger partial charge on any atom is 0.337 e. The molecule has 3 rings (SSSR count). The molecule has 1 heterocycles. The summed E-state index contributed by atoms with van der Waals surface area (Å²) in [7, 11) is 0. The van der Waals surface area contributed by atoms with Crippen LogP contribution in [0.15, 0.2) is 42.6 Å². The fourth-order valence-electron chi connectivity index (χ4n) is 2.69. The van der Waals surface area contributed by atoms with E-state index < -0.39 is 5.97 Å². The molecule has 2 aromatic rings. The molecule has 4 nitrogen and oxygen atoms in total. The van der Waals surface area contributed by atoms with Crippen molar-refractivity contribution < 1.29 is 9.90 Å². The lowest BCUT2D eigenvalue weighted by molar-refractivity contribution is 0.0696. The smallest absolute Gasteiger partial charge is 0.337 e. The molecule has 0 amide bonds. The topological polar surface area (TPSA) is 62.2 Å². The summed E-state index contributed by atoms with van der Waals surface area (Å²) in [6.45, 7) is 0. The Balaban J connectivity index is 1.80. The van der Waals surface area contributed by atoms with Crippen LogP contribution in [0.4, 0.5) is 5.82 Å². The van der Waals surface area contributed by atoms with Gasteiger partial charge < -0.3 is 10.4 Å². The molecule has 1 atom stereocenters. The molecule has 1 aliphatic rings. The first kappa shape index (κ1) is 12.7. The number of nitrogens with zero attached hydrogens (tertiary/aromatic N) is 1. The van der Waals surface area contributed by atoms with Crippen molar-refractivity contribution in [3.63, 3.8) is 0 Å². The fraction of sp³-hybridized carbons (Fsp3) is 0.250. The second kappa shape index (κ2) is 5.33. The number of rotatable bonds is 3. The van der Waals surface area contributed by atoms with Crippen molar-refractivity contribution in [1.82, 2.24) is 4.98 Å². The Morgan fingerprint density at radius 1 is 1.25 bits per heavy atom. The van der Waals surface area contributed by atoms with E-state index in [0.29, 0.717) is 0 Å². The Kier molecular flexibility index (Phi) is 3.37. The van der Waals surface area contributed by atoms with Gasteiger partial charge in [-0.05, 0) is 42.5 Å². The van der Waals surface area contributed by atoms with Crippen LogP contribution in [-0.4, -0.2) is 16.1 Å². The van der Waals surface area contributed by atoms with Crippen LogP contribution in [0, 0.1) is 0 Å². The molecule has 20 heavy (non-hydrogen) atoms. The Morgan fingerprint density at radius 3 is 2.85 bits per heavy atom. The molecule has 4 heteroatoms. The number of carboxylic acids is 1. The molecule has 1 aromatic carbocycles. The van der Waals surface area contributed by atoms with Crippen LogP contribution in [0.1, 0.15) is 40.4 Å². The number of hydrogen-bond donors (Lipinski definition) is 2. The minimum Gasteiger partial charge on any atom is -0.478 e. The van der Waals surface area contributed by atoms with Crippen LogP contribution in [-0.2, 0) is 6.42 Å². The van der Waals surface area contributed by atoms with Crippen LogP contribution in [0.25, 0.3) is 0 Å². The predicted molar refractivity (Wildman–Crippen MR) is 76.9 cm³/mol. The van der Waals surface area contributed by atoms with Crippen molar-refractivity contribution in [1.29, 1.82) is 0 Å². The van der Waals surface area contributed by atoms with E-state index in [1.54, 1.807) is 12.1 Å². The van der Waals surface area contributed by atoms with Crippen molar-refractivity contribution in [2.75, 3.05) is 5.32 Å². The zero-order valence-corrected chi connectivity index (χ0v) is 11.0. The molecule has 1 unspecified atom stereocenters. The number of benzene rings is 1. The summed E-state index contributed by atoms with van der Waals surface area (Å²) < 4.78 is 0. The van der Waals surface area contributed by atoms with E-state index in [-0.39, 0.29) is 11.6 Å². The summed E-state index contributed by atoms with van der Waals surface area (Å²) in [5.41, 5.74) is 2.92. The minimum atomic E-state index is -0.952. The van der Waals surface area contributed by atoms with Crippen LogP contribution < -0.4 is 5.32 Å². The number of anilines is 1. The van der Waals surface area contributed by atoms with E-state index in [4.69, 9.17) is 5.11 Å². The van der Waals surface area contributed by atoms with E-state index in [9.17, 15) is 4.79 Å². The predicted octanol–water partition coefficient (Wildman–Crippen LogP) is 3.27. The molecule has 1 aliphatic carbocycles. The molecular formula is C16H16N2O2. The third-order valence-corrected chi connectivity index (χ3v) is 3.70. The average Bonchev–Trinajstić information content (AvgIpc) is 2.48. The zero-order valence-electron chi connectivity index (χ0n) is 11.0. The molecule has 0 saturated carbocycles. The summed E-state index contributed by atoms with van der Waals surface area (Å²) in [4.78, 5) is 15.0. The number of fused-ring (bicyclic) bond motifs is 1. The summed E-state index contributed by atoms with van der Waals surface area (Å²) in [6.07, 6.45) is 4.74. The number of carboxylic acid groups (broad SMARTS) is 1. The van der Waals surface area contributed by atoms with Crippen LogP contribution in [0.3, 0.4) is 0 Å². The minimum absolute atomic E-state index is 0.208. The highest BCUT2D eigenvalue weighted by Crippen LogP contribution is 2.31. The zero-order chi connectivity index (χ0) is 13.9. The van der Waals surface area contributed by atoms with E-state index >= 15 is 0 Å². The molecule has 0 spiro atoms. The van der Waals surface area contributed by atoms with Gasteiger partial charge in [-0.15, -0.1) is 0 Å². The molecule has 0 fully saturated rings. The summed E-state index contributed by atoms with van der Waals surface area (Å²) in [6, 6.07) is 12.0. The van der Waals surface area contributed by atoms with Crippen molar-refractivity contribution >= 4 is 11.8 Å². The fourth-order valence-corrected chi connectivity index (χ4v) is 2.69. The van der Waals surface area contributed by atoms with Gasteiger partial charge in [0.1, 0.15) is 5.82 Å². The number of aryl methyl sites for hydroxylation is 1. The summed E-state index contributed by atoms with van der Waals surface area (Å²) in [5, 5.41) is 12.3.